The van der Waals surface area contributed by atoms with Crippen LogP contribution in [0.3, 0.4) is 0 Å². The molecule has 0 saturated heterocycles. The standard InChI is InChI=1S/C8H10BrNO/c9-7-5-10-11-8(7)6-3-1-2-4-6/h5-6H,1-4H2. The summed E-state index contributed by atoms with van der Waals surface area (Å²) in [5, 5.41) is 3.74. The molecule has 0 N–H and O–H groups in total. The van der Waals surface area contributed by atoms with Gasteiger partial charge in [-0.15, -0.1) is 0 Å². The van der Waals surface area contributed by atoms with Crippen molar-refractivity contribution in [1.29, 1.82) is 0 Å². The predicted octanol–water partition coefficient (Wildman–Crippen LogP) is 3.09. The molecule has 0 aliphatic heterocycles. The highest BCUT2D eigenvalue weighted by Crippen LogP contribution is 2.37. The van der Waals surface area contributed by atoms with Gasteiger partial charge in [0.05, 0.1) is 10.7 Å². The summed E-state index contributed by atoms with van der Waals surface area (Å²) in [6.45, 7) is 0. The van der Waals surface area contributed by atoms with Crippen molar-refractivity contribution in [3.8, 4) is 0 Å². The van der Waals surface area contributed by atoms with Crippen LogP contribution in [-0.2, 0) is 0 Å². The van der Waals surface area contributed by atoms with Crippen LogP contribution >= 0.6 is 15.9 Å². The molecule has 1 fully saturated rings. The maximum absolute atomic E-state index is 5.15. The van der Waals surface area contributed by atoms with E-state index in [2.05, 4.69) is 21.1 Å². The lowest BCUT2D eigenvalue weighted by molar-refractivity contribution is 0.359. The van der Waals surface area contributed by atoms with E-state index in [1.807, 2.05) is 0 Å². The van der Waals surface area contributed by atoms with Gasteiger partial charge < -0.3 is 4.52 Å². The number of rotatable bonds is 1. The van der Waals surface area contributed by atoms with Crippen LogP contribution in [0.5, 0.6) is 0 Å². The normalized spacial score (nSPS) is 19.4. The average Bonchev–Trinajstić information content (AvgIpc) is 2.55. The van der Waals surface area contributed by atoms with Crippen LogP contribution < -0.4 is 0 Å². The summed E-state index contributed by atoms with van der Waals surface area (Å²) in [6, 6.07) is 0. The Hall–Kier alpha value is -0.310. The Morgan fingerprint density at radius 3 is 2.73 bits per heavy atom. The van der Waals surface area contributed by atoms with Crippen LogP contribution in [0.4, 0.5) is 0 Å². The van der Waals surface area contributed by atoms with Crippen molar-refractivity contribution in [2.24, 2.45) is 0 Å². The molecule has 0 amide bonds. The van der Waals surface area contributed by atoms with E-state index in [9.17, 15) is 0 Å². The first-order valence-electron chi connectivity index (χ1n) is 3.98. The summed E-state index contributed by atoms with van der Waals surface area (Å²) in [5.41, 5.74) is 0. The fourth-order valence-corrected chi connectivity index (χ4v) is 2.17. The third-order valence-electron chi connectivity index (χ3n) is 2.28. The molecule has 3 heteroatoms. The fourth-order valence-electron chi connectivity index (χ4n) is 1.69. The van der Waals surface area contributed by atoms with Gasteiger partial charge >= 0.3 is 0 Å². The molecular formula is C8H10BrNO. The summed E-state index contributed by atoms with van der Waals surface area (Å²) in [6.07, 6.45) is 6.91. The molecule has 0 radical (unpaired) electrons. The molecule has 0 atom stereocenters. The lowest BCUT2D eigenvalue weighted by Crippen LogP contribution is -1.89. The van der Waals surface area contributed by atoms with E-state index in [0.29, 0.717) is 5.92 Å². The van der Waals surface area contributed by atoms with Crippen molar-refractivity contribution in [3.05, 3.63) is 16.4 Å². The molecule has 0 spiro atoms. The zero-order valence-corrected chi connectivity index (χ0v) is 7.80. The Labute approximate surface area is 74.1 Å². The third kappa shape index (κ3) is 1.34. The summed E-state index contributed by atoms with van der Waals surface area (Å²) >= 11 is 3.42. The van der Waals surface area contributed by atoms with Crippen LogP contribution in [0, 0.1) is 0 Å². The van der Waals surface area contributed by atoms with E-state index in [-0.39, 0.29) is 0 Å². The number of hydrogen-bond acceptors (Lipinski definition) is 2. The monoisotopic (exact) mass is 215 g/mol. The smallest absolute Gasteiger partial charge is 0.153 e. The first kappa shape index (κ1) is 7.35. The Morgan fingerprint density at radius 1 is 1.45 bits per heavy atom. The van der Waals surface area contributed by atoms with E-state index in [1.165, 1.54) is 25.7 Å². The number of hydrogen-bond donors (Lipinski definition) is 0. The van der Waals surface area contributed by atoms with Crippen molar-refractivity contribution in [1.82, 2.24) is 5.16 Å². The van der Waals surface area contributed by atoms with E-state index >= 15 is 0 Å². The van der Waals surface area contributed by atoms with Gasteiger partial charge in [-0.25, -0.2) is 0 Å². The number of aromatic nitrogens is 1. The van der Waals surface area contributed by atoms with Crippen LogP contribution in [0.25, 0.3) is 0 Å². The second kappa shape index (κ2) is 2.97. The maximum atomic E-state index is 5.15. The molecule has 1 aromatic rings. The molecule has 1 aromatic heterocycles. The van der Waals surface area contributed by atoms with Gasteiger partial charge in [0.25, 0.3) is 0 Å². The molecule has 0 aromatic carbocycles. The number of halogens is 1. The van der Waals surface area contributed by atoms with Gasteiger partial charge in [-0.1, -0.05) is 18.0 Å². The highest BCUT2D eigenvalue weighted by Gasteiger charge is 2.22. The summed E-state index contributed by atoms with van der Waals surface area (Å²) in [5.74, 6) is 1.66. The number of nitrogens with zero attached hydrogens (tertiary/aromatic N) is 1. The Kier molecular flexibility index (Phi) is 1.98. The van der Waals surface area contributed by atoms with Gasteiger partial charge in [0.1, 0.15) is 0 Å². The zero-order valence-electron chi connectivity index (χ0n) is 6.22. The summed E-state index contributed by atoms with van der Waals surface area (Å²) < 4.78 is 6.18. The fraction of sp³-hybridized carbons (Fsp3) is 0.625. The van der Waals surface area contributed by atoms with Gasteiger partial charge in [-0.2, -0.15) is 0 Å². The van der Waals surface area contributed by atoms with Crippen LogP contribution in [0.1, 0.15) is 37.4 Å². The van der Waals surface area contributed by atoms with Gasteiger partial charge in [0.2, 0.25) is 0 Å². The van der Waals surface area contributed by atoms with E-state index < -0.39 is 0 Å². The molecule has 60 valence electrons. The molecular weight excluding hydrogens is 206 g/mol. The quantitative estimate of drug-likeness (QED) is 0.720. The van der Waals surface area contributed by atoms with Gasteiger partial charge in [0, 0.05) is 5.92 Å². The van der Waals surface area contributed by atoms with Gasteiger partial charge in [0.15, 0.2) is 5.76 Å². The van der Waals surface area contributed by atoms with E-state index in [0.717, 1.165) is 10.2 Å². The van der Waals surface area contributed by atoms with Crippen LogP contribution in [0.2, 0.25) is 0 Å². The third-order valence-corrected chi connectivity index (χ3v) is 2.87. The van der Waals surface area contributed by atoms with Crippen molar-refractivity contribution in [2.75, 3.05) is 0 Å². The lowest BCUT2D eigenvalue weighted by atomic mass is 10.1. The lowest BCUT2D eigenvalue weighted by Gasteiger charge is -2.02. The molecule has 1 heterocycles. The minimum absolute atomic E-state index is 0.617. The highest BCUT2D eigenvalue weighted by atomic mass is 79.9. The second-order valence-corrected chi connectivity index (χ2v) is 3.87. The summed E-state index contributed by atoms with van der Waals surface area (Å²) in [4.78, 5) is 0. The maximum Gasteiger partial charge on any atom is 0.153 e. The van der Waals surface area contributed by atoms with Crippen LogP contribution in [0.15, 0.2) is 15.2 Å². The van der Waals surface area contributed by atoms with Crippen molar-refractivity contribution < 1.29 is 4.52 Å². The second-order valence-electron chi connectivity index (χ2n) is 3.02. The van der Waals surface area contributed by atoms with Crippen LogP contribution in [-0.4, -0.2) is 5.16 Å². The van der Waals surface area contributed by atoms with E-state index in [4.69, 9.17) is 4.52 Å². The molecule has 1 aliphatic carbocycles. The topological polar surface area (TPSA) is 26.0 Å². The molecule has 1 aliphatic rings. The molecule has 2 nitrogen and oxygen atoms in total. The SMILES string of the molecule is Brc1cnoc1C1CCCC1. The van der Waals surface area contributed by atoms with Gasteiger partial charge in [-0.3, -0.25) is 0 Å². The minimum Gasteiger partial charge on any atom is -0.360 e. The average molecular weight is 216 g/mol. The molecule has 1 saturated carbocycles. The summed E-state index contributed by atoms with van der Waals surface area (Å²) in [7, 11) is 0. The Morgan fingerprint density at radius 2 is 2.18 bits per heavy atom. The molecule has 11 heavy (non-hydrogen) atoms. The zero-order chi connectivity index (χ0) is 7.68. The largest absolute Gasteiger partial charge is 0.360 e. The van der Waals surface area contributed by atoms with Crippen molar-refractivity contribution in [2.45, 2.75) is 31.6 Å². The highest BCUT2D eigenvalue weighted by molar-refractivity contribution is 9.10. The minimum atomic E-state index is 0.617. The first-order valence-corrected chi connectivity index (χ1v) is 4.77. The molecule has 0 unspecified atom stereocenters. The molecule has 2 rings (SSSR count). The van der Waals surface area contributed by atoms with Crippen molar-refractivity contribution in [3.63, 3.8) is 0 Å². The Balaban J connectivity index is 2.21. The Bertz CT molecular complexity index is 240. The van der Waals surface area contributed by atoms with Gasteiger partial charge in [-0.05, 0) is 28.8 Å². The predicted molar refractivity (Wildman–Crippen MR) is 45.4 cm³/mol. The van der Waals surface area contributed by atoms with Crippen molar-refractivity contribution >= 4 is 15.9 Å². The molecule has 0 bridgehead atoms. The first-order chi connectivity index (χ1) is 5.38. The van der Waals surface area contributed by atoms with E-state index in [1.54, 1.807) is 6.20 Å².